The van der Waals surface area contributed by atoms with Crippen LogP contribution in [0.25, 0.3) is 0 Å². The molecule has 0 saturated heterocycles. The summed E-state index contributed by atoms with van der Waals surface area (Å²) >= 11 is 13.3. The van der Waals surface area contributed by atoms with E-state index >= 15 is 0 Å². The maximum Gasteiger partial charge on any atom is 0.198 e. The number of rotatable bonds is 1. The maximum absolute atomic E-state index is 12.0. The van der Waals surface area contributed by atoms with Gasteiger partial charge < -0.3 is 10.2 Å². The smallest absolute Gasteiger partial charge is 0.198 e. The zero-order chi connectivity index (χ0) is 12.1. The summed E-state index contributed by atoms with van der Waals surface area (Å²) in [6.45, 7) is 0. The molecule has 0 aromatic rings. The molecule has 3 nitrogen and oxygen atoms in total. The lowest BCUT2D eigenvalue weighted by Crippen LogP contribution is -2.66. The fraction of sp³-hybridized carbons (Fsp3) is 0.700. The highest BCUT2D eigenvalue weighted by Gasteiger charge is 2.63. The van der Waals surface area contributed by atoms with E-state index in [1.807, 2.05) is 0 Å². The van der Waals surface area contributed by atoms with Crippen molar-refractivity contribution in [2.75, 3.05) is 6.26 Å². The van der Waals surface area contributed by atoms with Gasteiger partial charge in [-0.25, -0.2) is 0 Å². The number of aliphatic hydroxyl groups excluding tert-OH is 1. The molecule has 0 radical (unpaired) electrons. The molecule has 2 rings (SSSR count). The molecule has 2 bridgehead atoms. The van der Waals surface area contributed by atoms with Crippen LogP contribution in [0.1, 0.15) is 12.8 Å². The lowest BCUT2D eigenvalue weighted by atomic mass is 9.69. The molecule has 2 aliphatic carbocycles. The minimum absolute atomic E-state index is 0.0819. The van der Waals surface area contributed by atoms with Crippen LogP contribution >= 0.6 is 35.0 Å². The minimum Gasteiger partial charge on any atom is -0.391 e. The Labute approximate surface area is 108 Å². The zero-order valence-electron chi connectivity index (χ0n) is 8.61. The molecule has 0 heterocycles. The summed E-state index contributed by atoms with van der Waals surface area (Å²) in [5.74, 6) is -0.493. The number of halogens is 2. The molecular formula is C10H12Cl2O3S. The molecule has 0 aromatic heterocycles. The predicted octanol–water partition coefficient (Wildman–Crippen LogP) is 1.29. The lowest BCUT2D eigenvalue weighted by molar-refractivity contribution is -0.126. The quantitative estimate of drug-likeness (QED) is 0.712. The topological polar surface area (TPSA) is 57.5 Å². The Morgan fingerprint density at radius 1 is 1.62 bits per heavy atom. The molecule has 16 heavy (non-hydrogen) atoms. The van der Waals surface area contributed by atoms with Gasteiger partial charge in [0.1, 0.15) is 4.87 Å². The van der Waals surface area contributed by atoms with Gasteiger partial charge in [-0.05, 0) is 25.2 Å². The van der Waals surface area contributed by atoms with Gasteiger partial charge in [0.15, 0.2) is 5.78 Å². The molecule has 2 N–H and O–H groups in total. The van der Waals surface area contributed by atoms with Crippen LogP contribution < -0.4 is 0 Å². The van der Waals surface area contributed by atoms with E-state index in [2.05, 4.69) is 0 Å². The van der Waals surface area contributed by atoms with Gasteiger partial charge in [0.05, 0.1) is 22.0 Å². The first kappa shape index (κ1) is 12.7. The zero-order valence-corrected chi connectivity index (χ0v) is 10.9. The molecule has 4 atom stereocenters. The molecule has 0 unspecified atom stereocenters. The highest BCUT2D eigenvalue weighted by molar-refractivity contribution is 7.99. The average molecular weight is 283 g/mol. The van der Waals surface area contributed by atoms with Crippen LogP contribution in [-0.2, 0) is 4.79 Å². The number of carbonyl (C=O) groups is 1. The SMILES string of the molecule is CS[C@@H]1[C@]2(Cl)C(=O)C(Cl)=C[C@@]1(O)CC[C@@H]2O. The lowest BCUT2D eigenvalue weighted by Gasteiger charge is -2.51. The van der Waals surface area contributed by atoms with Gasteiger partial charge in [-0.15, -0.1) is 11.6 Å². The number of hydrogen-bond donors (Lipinski definition) is 2. The van der Waals surface area contributed by atoms with Crippen molar-refractivity contribution in [3.63, 3.8) is 0 Å². The molecule has 1 saturated carbocycles. The summed E-state index contributed by atoms with van der Waals surface area (Å²) < 4.78 is 0. The van der Waals surface area contributed by atoms with Crippen LogP contribution in [0.3, 0.4) is 0 Å². The predicted molar refractivity (Wildman–Crippen MR) is 65.0 cm³/mol. The summed E-state index contributed by atoms with van der Waals surface area (Å²) in [5, 5.41) is 19.7. The van der Waals surface area contributed by atoms with Crippen LogP contribution in [0.2, 0.25) is 0 Å². The Balaban J connectivity index is 2.59. The van der Waals surface area contributed by atoms with E-state index in [-0.39, 0.29) is 5.03 Å². The summed E-state index contributed by atoms with van der Waals surface area (Å²) in [4.78, 5) is 10.5. The van der Waals surface area contributed by atoms with E-state index in [4.69, 9.17) is 23.2 Å². The summed E-state index contributed by atoms with van der Waals surface area (Å²) in [5.41, 5.74) is -1.20. The second-order valence-electron chi connectivity index (χ2n) is 4.25. The van der Waals surface area contributed by atoms with Gasteiger partial charge >= 0.3 is 0 Å². The molecular weight excluding hydrogens is 271 g/mol. The Hall–Kier alpha value is 0.260. The number of carbonyl (C=O) groups excluding carboxylic acids is 1. The Kier molecular flexibility index (Phi) is 3.09. The minimum atomic E-state index is -1.50. The number of alkyl halides is 1. The fourth-order valence-corrected chi connectivity index (χ4v) is 4.77. The summed E-state index contributed by atoms with van der Waals surface area (Å²) in [6, 6.07) is 0. The van der Waals surface area contributed by atoms with Crippen molar-refractivity contribution < 1.29 is 15.0 Å². The van der Waals surface area contributed by atoms with Crippen LogP contribution in [0.15, 0.2) is 11.1 Å². The van der Waals surface area contributed by atoms with E-state index in [0.29, 0.717) is 12.8 Å². The maximum atomic E-state index is 12.0. The van der Waals surface area contributed by atoms with Crippen LogP contribution in [-0.4, -0.2) is 44.1 Å². The third kappa shape index (κ3) is 1.47. The van der Waals surface area contributed by atoms with Crippen molar-refractivity contribution in [1.29, 1.82) is 0 Å². The van der Waals surface area contributed by atoms with Crippen molar-refractivity contribution in [1.82, 2.24) is 0 Å². The molecule has 90 valence electrons. The van der Waals surface area contributed by atoms with Crippen molar-refractivity contribution in [2.45, 2.75) is 34.7 Å². The first-order chi connectivity index (χ1) is 7.36. The Bertz CT molecular complexity index is 373. The monoisotopic (exact) mass is 282 g/mol. The van der Waals surface area contributed by atoms with Gasteiger partial charge in [0.2, 0.25) is 0 Å². The molecule has 2 aliphatic rings. The van der Waals surface area contributed by atoms with Crippen molar-refractivity contribution >= 4 is 40.7 Å². The number of Topliss-reactive ketones (excluding diaryl/α,β-unsaturated/α-hetero) is 1. The molecule has 0 aliphatic heterocycles. The average Bonchev–Trinajstić information content (AvgIpc) is 2.22. The van der Waals surface area contributed by atoms with Crippen molar-refractivity contribution in [3.05, 3.63) is 11.1 Å². The van der Waals surface area contributed by atoms with E-state index in [1.54, 1.807) is 6.26 Å². The van der Waals surface area contributed by atoms with E-state index in [0.717, 1.165) is 0 Å². The summed E-state index contributed by atoms with van der Waals surface area (Å²) in [7, 11) is 0. The second kappa shape index (κ2) is 3.89. The third-order valence-corrected chi connectivity index (χ3v) is 5.62. The second-order valence-corrected chi connectivity index (χ2v) is 6.23. The van der Waals surface area contributed by atoms with Crippen molar-refractivity contribution in [2.24, 2.45) is 0 Å². The molecule has 1 fully saturated rings. The number of ketones is 1. The molecule has 0 amide bonds. The first-order valence-corrected chi connectivity index (χ1v) is 6.96. The van der Waals surface area contributed by atoms with Gasteiger partial charge in [-0.3, -0.25) is 4.79 Å². The number of allylic oxidation sites excluding steroid dienone is 1. The van der Waals surface area contributed by atoms with Gasteiger partial charge in [-0.1, -0.05) is 11.6 Å². The van der Waals surface area contributed by atoms with Crippen LogP contribution in [0, 0.1) is 0 Å². The number of hydrogen-bond acceptors (Lipinski definition) is 4. The number of fused-ring (bicyclic) bond motifs is 2. The third-order valence-electron chi connectivity index (χ3n) is 3.32. The number of thioether (sulfide) groups is 1. The van der Waals surface area contributed by atoms with E-state index in [9.17, 15) is 15.0 Å². The highest BCUT2D eigenvalue weighted by Crippen LogP contribution is 2.51. The largest absolute Gasteiger partial charge is 0.391 e. The molecule has 0 aromatic carbocycles. The summed E-state index contributed by atoms with van der Waals surface area (Å²) in [6.07, 6.45) is 2.80. The fourth-order valence-electron chi connectivity index (χ4n) is 2.51. The van der Waals surface area contributed by atoms with Crippen LogP contribution in [0.5, 0.6) is 0 Å². The van der Waals surface area contributed by atoms with E-state index in [1.165, 1.54) is 17.8 Å². The van der Waals surface area contributed by atoms with Gasteiger partial charge in [0, 0.05) is 0 Å². The first-order valence-electron chi connectivity index (χ1n) is 4.91. The van der Waals surface area contributed by atoms with Gasteiger partial charge in [-0.2, -0.15) is 11.8 Å². The highest BCUT2D eigenvalue weighted by atomic mass is 35.5. The molecule has 6 heteroatoms. The van der Waals surface area contributed by atoms with Crippen LogP contribution in [0.4, 0.5) is 0 Å². The van der Waals surface area contributed by atoms with Gasteiger partial charge in [0.25, 0.3) is 0 Å². The standard InChI is InChI=1S/C10H12Cl2O3S/c1-16-8-9(15)3-2-6(13)10(8,12)7(14)5(11)4-9/h4,6,8,13,15H,2-3H2,1H3/t6-,8-,9-,10+/m0/s1. The Morgan fingerprint density at radius 2 is 2.25 bits per heavy atom. The Morgan fingerprint density at radius 3 is 2.81 bits per heavy atom. The van der Waals surface area contributed by atoms with E-state index < -0.39 is 27.6 Å². The number of aliphatic hydroxyl groups is 2. The normalized spacial score (nSPS) is 47.8. The molecule has 0 spiro atoms. The van der Waals surface area contributed by atoms with Crippen molar-refractivity contribution in [3.8, 4) is 0 Å².